The molecule has 4 nitrogen and oxygen atoms in total. The standard InChI is InChI=1S/C21H34N2O2/c1-14-12-21(6,7)13-18(14)22-15(2)16-8-10-17(11-9-16)23-19(24)25-20(3,4)5/h8-11,14-15,18,22H,12-13H2,1-7H3,(H,23,24). The Kier molecular flexibility index (Phi) is 5.82. The third-order valence-electron chi connectivity index (χ3n) is 4.85. The first-order valence-electron chi connectivity index (χ1n) is 9.31. The van der Waals surface area contributed by atoms with Gasteiger partial charge >= 0.3 is 6.09 Å². The van der Waals surface area contributed by atoms with E-state index in [1.54, 1.807) is 0 Å². The minimum atomic E-state index is -0.492. The van der Waals surface area contributed by atoms with Crippen molar-refractivity contribution in [3.8, 4) is 0 Å². The Labute approximate surface area is 152 Å². The minimum Gasteiger partial charge on any atom is -0.444 e. The second-order valence-corrected chi connectivity index (χ2v) is 9.29. The van der Waals surface area contributed by atoms with Gasteiger partial charge in [0.15, 0.2) is 0 Å². The summed E-state index contributed by atoms with van der Waals surface area (Å²) in [4.78, 5) is 11.8. The molecule has 0 bridgehead atoms. The van der Waals surface area contributed by atoms with Crippen molar-refractivity contribution in [1.82, 2.24) is 5.32 Å². The lowest BCUT2D eigenvalue weighted by atomic mass is 9.91. The molecule has 3 unspecified atom stereocenters. The second kappa shape index (κ2) is 7.36. The van der Waals surface area contributed by atoms with E-state index in [9.17, 15) is 4.79 Å². The van der Waals surface area contributed by atoms with Gasteiger partial charge < -0.3 is 10.1 Å². The number of benzene rings is 1. The van der Waals surface area contributed by atoms with Gasteiger partial charge in [0.05, 0.1) is 0 Å². The molecule has 1 fully saturated rings. The maximum absolute atomic E-state index is 11.8. The molecule has 1 aliphatic rings. The highest BCUT2D eigenvalue weighted by Gasteiger charge is 2.37. The molecule has 2 N–H and O–H groups in total. The number of carbonyl (C=O) groups is 1. The predicted molar refractivity (Wildman–Crippen MR) is 104 cm³/mol. The Hall–Kier alpha value is -1.55. The number of hydrogen-bond donors (Lipinski definition) is 2. The minimum absolute atomic E-state index is 0.289. The van der Waals surface area contributed by atoms with Crippen LogP contribution in [0.3, 0.4) is 0 Å². The highest BCUT2D eigenvalue weighted by Crippen LogP contribution is 2.41. The molecule has 1 amide bonds. The van der Waals surface area contributed by atoms with Gasteiger partial charge in [-0.3, -0.25) is 5.32 Å². The van der Waals surface area contributed by atoms with Crippen molar-refractivity contribution < 1.29 is 9.53 Å². The lowest BCUT2D eigenvalue weighted by molar-refractivity contribution is 0.0636. The van der Waals surface area contributed by atoms with Crippen molar-refractivity contribution in [1.29, 1.82) is 0 Å². The number of ether oxygens (including phenoxy) is 1. The number of amides is 1. The smallest absolute Gasteiger partial charge is 0.412 e. The van der Waals surface area contributed by atoms with Crippen molar-refractivity contribution in [2.24, 2.45) is 11.3 Å². The summed E-state index contributed by atoms with van der Waals surface area (Å²) >= 11 is 0. The third-order valence-corrected chi connectivity index (χ3v) is 4.85. The average molecular weight is 347 g/mol. The van der Waals surface area contributed by atoms with Crippen molar-refractivity contribution >= 4 is 11.8 Å². The molecule has 0 aliphatic heterocycles. The topological polar surface area (TPSA) is 50.4 Å². The molecule has 140 valence electrons. The Morgan fingerprint density at radius 3 is 2.28 bits per heavy atom. The van der Waals surface area contributed by atoms with E-state index >= 15 is 0 Å². The molecule has 1 aliphatic carbocycles. The molecule has 3 atom stereocenters. The highest BCUT2D eigenvalue weighted by molar-refractivity contribution is 5.84. The fraction of sp³-hybridized carbons (Fsp3) is 0.667. The maximum atomic E-state index is 11.8. The fourth-order valence-corrected chi connectivity index (χ4v) is 3.81. The van der Waals surface area contributed by atoms with E-state index in [2.05, 4.69) is 50.5 Å². The van der Waals surface area contributed by atoms with Gasteiger partial charge in [0, 0.05) is 17.8 Å². The molecule has 4 heteroatoms. The summed E-state index contributed by atoms with van der Waals surface area (Å²) in [5.41, 5.74) is 1.92. The van der Waals surface area contributed by atoms with E-state index in [1.165, 1.54) is 18.4 Å². The summed E-state index contributed by atoms with van der Waals surface area (Å²) < 4.78 is 5.28. The summed E-state index contributed by atoms with van der Waals surface area (Å²) in [6.07, 6.45) is 2.07. The molecule has 0 aromatic heterocycles. The highest BCUT2D eigenvalue weighted by atomic mass is 16.6. The molecular weight excluding hydrogens is 312 g/mol. The maximum Gasteiger partial charge on any atom is 0.412 e. The third kappa shape index (κ3) is 6.03. The first-order chi connectivity index (χ1) is 11.5. The van der Waals surface area contributed by atoms with Gasteiger partial charge in [-0.2, -0.15) is 0 Å². The Morgan fingerprint density at radius 2 is 1.80 bits per heavy atom. The lowest BCUT2D eigenvalue weighted by Gasteiger charge is -2.24. The predicted octanol–water partition coefficient (Wildman–Crippen LogP) is 5.51. The number of nitrogens with one attached hydrogen (secondary N) is 2. The van der Waals surface area contributed by atoms with Crippen LogP contribution in [-0.4, -0.2) is 17.7 Å². The Morgan fingerprint density at radius 1 is 1.20 bits per heavy atom. The van der Waals surface area contributed by atoms with Crippen LogP contribution in [-0.2, 0) is 4.74 Å². The van der Waals surface area contributed by atoms with E-state index < -0.39 is 11.7 Å². The van der Waals surface area contributed by atoms with Gasteiger partial charge in [-0.1, -0.05) is 32.9 Å². The van der Waals surface area contributed by atoms with Gasteiger partial charge in [-0.25, -0.2) is 4.79 Å². The molecule has 0 radical (unpaired) electrons. The summed E-state index contributed by atoms with van der Waals surface area (Å²) in [6, 6.07) is 8.84. The molecule has 0 heterocycles. The zero-order chi connectivity index (χ0) is 18.8. The van der Waals surface area contributed by atoms with Gasteiger partial charge in [0.2, 0.25) is 0 Å². The van der Waals surface area contributed by atoms with Crippen molar-refractivity contribution in [3.05, 3.63) is 29.8 Å². The number of anilines is 1. The largest absolute Gasteiger partial charge is 0.444 e. The summed E-state index contributed by atoms with van der Waals surface area (Å²) in [5, 5.41) is 6.55. The van der Waals surface area contributed by atoms with E-state index in [1.807, 2.05) is 32.9 Å². The molecule has 1 aromatic rings. The SMILES string of the molecule is CC(NC1CC(C)(C)CC1C)c1ccc(NC(=O)OC(C)(C)C)cc1. The van der Waals surface area contributed by atoms with E-state index in [0.29, 0.717) is 17.4 Å². The zero-order valence-electron chi connectivity index (χ0n) is 16.8. The molecule has 25 heavy (non-hydrogen) atoms. The van der Waals surface area contributed by atoms with Crippen LogP contribution < -0.4 is 10.6 Å². The van der Waals surface area contributed by atoms with Crippen molar-refractivity contribution in [3.63, 3.8) is 0 Å². The van der Waals surface area contributed by atoms with Gasteiger partial charge in [0.25, 0.3) is 0 Å². The fourth-order valence-electron chi connectivity index (χ4n) is 3.81. The van der Waals surface area contributed by atoms with Gasteiger partial charge in [-0.15, -0.1) is 0 Å². The van der Waals surface area contributed by atoms with E-state index in [4.69, 9.17) is 4.74 Å². The quantitative estimate of drug-likeness (QED) is 0.756. The van der Waals surface area contributed by atoms with Gasteiger partial charge in [-0.05, 0) is 69.6 Å². The van der Waals surface area contributed by atoms with E-state index in [-0.39, 0.29) is 6.04 Å². The normalized spacial score (nSPS) is 24.0. The summed E-state index contributed by atoms with van der Waals surface area (Å²) in [6.45, 7) is 14.8. The Bertz CT molecular complexity index is 587. The molecule has 0 spiro atoms. The van der Waals surface area contributed by atoms with Crippen LogP contribution in [0, 0.1) is 11.3 Å². The van der Waals surface area contributed by atoms with Crippen LogP contribution in [0.4, 0.5) is 10.5 Å². The van der Waals surface area contributed by atoms with E-state index in [0.717, 1.165) is 5.69 Å². The van der Waals surface area contributed by atoms with Crippen LogP contribution >= 0.6 is 0 Å². The van der Waals surface area contributed by atoms with Crippen LogP contribution in [0.2, 0.25) is 0 Å². The molecular formula is C21H34N2O2. The first kappa shape index (κ1) is 19.8. The van der Waals surface area contributed by atoms with Crippen LogP contribution in [0.25, 0.3) is 0 Å². The number of hydrogen-bond acceptors (Lipinski definition) is 3. The molecule has 2 rings (SSSR count). The average Bonchev–Trinajstić information content (AvgIpc) is 2.69. The lowest BCUT2D eigenvalue weighted by Crippen LogP contribution is -2.33. The monoisotopic (exact) mass is 346 g/mol. The number of carbonyl (C=O) groups excluding carboxylic acids is 1. The zero-order valence-corrected chi connectivity index (χ0v) is 16.8. The van der Waals surface area contributed by atoms with Crippen LogP contribution in [0.15, 0.2) is 24.3 Å². The first-order valence-corrected chi connectivity index (χ1v) is 9.31. The summed E-state index contributed by atoms with van der Waals surface area (Å²) in [7, 11) is 0. The second-order valence-electron chi connectivity index (χ2n) is 9.29. The van der Waals surface area contributed by atoms with Crippen LogP contribution in [0.5, 0.6) is 0 Å². The summed E-state index contributed by atoms with van der Waals surface area (Å²) in [5.74, 6) is 0.700. The van der Waals surface area contributed by atoms with Gasteiger partial charge in [0.1, 0.15) is 5.60 Å². The number of rotatable bonds is 4. The molecule has 1 aromatic carbocycles. The van der Waals surface area contributed by atoms with Crippen LogP contribution in [0.1, 0.15) is 72.9 Å². The van der Waals surface area contributed by atoms with Crippen molar-refractivity contribution in [2.75, 3.05) is 5.32 Å². The van der Waals surface area contributed by atoms with Crippen molar-refractivity contribution in [2.45, 2.75) is 79.0 Å². The molecule has 1 saturated carbocycles. The Balaban J connectivity index is 1.92. The molecule has 0 saturated heterocycles.